The molecule has 1 rings (SSSR count). The first-order chi connectivity index (χ1) is 12.6. The van der Waals surface area contributed by atoms with Gasteiger partial charge in [-0.25, -0.2) is 9.79 Å². The average Bonchev–Trinajstić information content (AvgIpc) is 2.59. The number of ether oxygens (including phenoxy) is 1. The third kappa shape index (κ3) is 6.11. The number of carbonyl (C=O) groups excluding carboxylic acids is 2. The second-order valence-electron chi connectivity index (χ2n) is 5.89. The molecule has 0 saturated heterocycles. The topological polar surface area (TPSA) is 210 Å². The molecule has 2 amide bonds. The normalized spacial score (nSPS) is 23.9. The summed E-state index contributed by atoms with van der Waals surface area (Å²) in [6.45, 7) is 2.03. The first-order valence-electron chi connectivity index (χ1n) is 8.16. The maximum absolute atomic E-state index is 11.8. The zero-order valence-electron chi connectivity index (χ0n) is 15.0. The quantitative estimate of drug-likeness (QED) is 0.164. The molecule has 12 heteroatoms. The maximum Gasteiger partial charge on any atom is 0.370 e. The van der Waals surface area contributed by atoms with Crippen LogP contribution in [-0.4, -0.2) is 76.0 Å². The van der Waals surface area contributed by atoms with Crippen LogP contribution in [0.2, 0.25) is 0 Å². The van der Waals surface area contributed by atoms with Crippen LogP contribution >= 0.6 is 0 Å². The van der Waals surface area contributed by atoms with Crippen LogP contribution in [0, 0.1) is 0 Å². The van der Waals surface area contributed by atoms with Crippen LogP contribution in [-0.2, 0) is 19.1 Å². The molecule has 0 bridgehead atoms. The second-order valence-corrected chi connectivity index (χ2v) is 5.89. The number of nitrogens with one attached hydrogen (secondary N) is 2. The van der Waals surface area contributed by atoms with E-state index in [9.17, 15) is 29.7 Å². The Bertz CT molecular complexity index is 632. The van der Waals surface area contributed by atoms with Crippen LogP contribution in [0.4, 0.5) is 0 Å². The van der Waals surface area contributed by atoms with Gasteiger partial charge in [-0.05, 0) is 6.08 Å². The van der Waals surface area contributed by atoms with E-state index in [0.717, 1.165) is 6.08 Å². The minimum Gasteiger partial charge on any atom is -0.479 e. The van der Waals surface area contributed by atoms with E-state index in [2.05, 4.69) is 15.6 Å². The molecule has 0 aromatic rings. The van der Waals surface area contributed by atoms with Crippen LogP contribution in [0.25, 0.3) is 0 Å². The summed E-state index contributed by atoms with van der Waals surface area (Å²) in [6.07, 6.45) is -1.63. The molecule has 0 radical (unpaired) electrons. The van der Waals surface area contributed by atoms with Crippen molar-refractivity contribution in [3.05, 3.63) is 11.8 Å². The monoisotopic (exact) mass is 387 g/mol. The van der Waals surface area contributed by atoms with Crippen molar-refractivity contribution in [1.82, 2.24) is 10.6 Å². The lowest BCUT2D eigenvalue weighted by Crippen LogP contribution is -2.64. The average molecular weight is 387 g/mol. The number of carbonyl (C=O) groups is 3. The fourth-order valence-corrected chi connectivity index (χ4v) is 2.62. The van der Waals surface area contributed by atoms with Gasteiger partial charge in [-0.15, -0.1) is 0 Å². The number of carboxylic acid groups (broad SMARTS) is 1. The Morgan fingerprint density at radius 2 is 2.00 bits per heavy atom. The molecule has 152 valence electrons. The summed E-state index contributed by atoms with van der Waals surface area (Å²) >= 11 is 0. The van der Waals surface area contributed by atoms with Crippen LogP contribution in [0.5, 0.6) is 0 Å². The Morgan fingerprint density at radius 3 is 2.44 bits per heavy atom. The smallest absolute Gasteiger partial charge is 0.370 e. The number of rotatable bonds is 8. The number of hydrogen-bond donors (Lipinski definition) is 7. The molecule has 0 aliphatic carbocycles. The lowest BCUT2D eigenvalue weighted by Gasteiger charge is -2.40. The van der Waals surface area contributed by atoms with E-state index in [4.69, 9.17) is 16.2 Å². The lowest BCUT2D eigenvalue weighted by atomic mass is 9.90. The van der Waals surface area contributed by atoms with E-state index in [1.54, 1.807) is 6.92 Å². The molecule has 27 heavy (non-hydrogen) atoms. The third-order valence-electron chi connectivity index (χ3n) is 3.79. The van der Waals surface area contributed by atoms with Crippen molar-refractivity contribution >= 4 is 23.7 Å². The van der Waals surface area contributed by atoms with Crippen molar-refractivity contribution < 1.29 is 34.4 Å². The number of aliphatic carboxylic acids is 1. The molecule has 12 nitrogen and oxygen atoms in total. The van der Waals surface area contributed by atoms with Gasteiger partial charge in [-0.2, -0.15) is 0 Å². The van der Waals surface area contributed by atoms with Crippen LogP contribution in [0.3, 0.4) is 0 Å². The number of nitrogens with zero attached hydrogens (tertiary/aromatic N) is 1. The van der Waals surface area contributed by atoms with Gasteiger partial charge in [-0.3, -0.25) is 9.59 Å². The number of aliphatic hydroxyl groups is 2. The van der Waals surface area contributed by atoms with Crippen molar-refractivity contribution in [3.63, 3.8) is 0 Å². The number of amides is 2. The van der Waals surface area contributed by atoms with E-state index in [-0.39, 0.29) is 12.4 Å². The molecule has 9 N–H and O–H groups in total. The highest BCUT2D eigenvalue weighted by atomic mass is 16.5. The molecular formula is C15H25N5O7. The fourth-order valence-electron chi connectivity index (χ4n) is 2.62. The third-order valence-corrected chi connectivity index (χ3v) is 3.79. The van der Waals surface area contributed by atoms with Crippen molar-refractivity contribution in [1.29, 1.82) is 0 Å². The van der Waals surface area contributed by atoms with Crippen LogP contribution < -0.4 is 22.1 Å². The molecule has 1 aliphatic rings. The van der Waals surface area contributed by atoms with Gasteiger partial charge in [0.1, 0.15) is 12.2 Å². The highest BCUT2D eigenvalue weighted by molar-refractivity contribution is 5.85. The first-order valence-corrected chi connectivity index (χ1v) is 8.16. The van der Waals surface area contributed by atoms with Gasteiger partial charge in [0.15, 0.2) is 5.96 Å². The summed E-state index contributed by atoms with van der Waals surface area (Å²) in [6, 6.07) is -3.33. The van der Waals surface area contributed by atoms with Gasteiger partial charge in [-0.1, -0.05) is 6.92 Å². The lowest BCUT2D eigenvalue weighted by molar-refractivity contribution is -0.141. The first kappa shape index (κ1) is 22.2. The molecule has 1 heterocycles. The van der Waals surface area contributed by atoms with Gasteiger partial charge in [0.05, 0.1) is 24.7 Å². The summed E-state index contributed by atoms with van der Waals surface area (Å²) in [5, 5.41) is 33.8. The fraction of sp³-hybridized carbons (Fsp3) is 0.600. The Kier molecular flexibility index (Phi) is 7.99. The number of aliphatic hydroxyl groups excluding tert-OH is 2. The molecule has 0 saturated carbocycles. The van der Waals surface area contributed by atoms with Crippen molar-refractivity contribution in [3.8, 4) is 0 Å². The minimum atomic E-state index is -1.50. The van der Waals surface area contributed by atoms with E-state index in [1.807, 2.05) is 0 Å². The molecule has 0 aromatic carbocycles. The number of guanidine groups is 1. The predicted molar refractivity (Wildman–Crippen MR) is 93.1 cm³/mol. The van der Waals surface area contributed by atoms with Crippen LogP contribution in [0.1, 0.15) is 20.3 Å². The number of hydrogen-bond acceptors (Lipinski definition) is 7. The largest absolute Gasteiger partial charge is 0.479 e. The molecule has 0 aromatic heterocycles. The van der Waals surface area contributed by atoms with Crippen molar-refractivity contribution in [2.45, 2.75) is 50.6 Å². The predicted octanol–water partition coefficient (Wildman–Crippen LogP) is -3.25. The van der Waals surface area contributed by atoms with Gasteiger partial charge in [0, 0.05) is 13.3 Å². The minimum absolute atomic E-state index is 0.0606. The summed E-state index contributed by atoms with van der Waals surface area (Å²) < 4.78 is 5.41. The van der Waals surface area contributed by atoms with E-state index < -0.39 is 60.5 Å². The number of carboxylic acids is 1. The zero-order chi connectivity index (χ0) is 20.7. The van der Waals surface area contributed by atoms with Gasteiger partial charge < -0.3 is 42.2 Å². The summed E-state index contributed by atoms with van der Waals surface area (Å²) in [4.78, 5) is 38.8. The summed E-state index contributed by atoms with van der Waals surface area (Å²) in [7, 11) is 0. The number of aliphatic imine (C=N–C) groups is 1. The zero-order valence-corrected chi connectivity index (χ0v) is 15.0. The maximum atomic E-state index is 11.8. The Labute approximate surface area is 155 Å². The summed E-state index contributed by atoms with van der Waals surface area (Å²) in [5.74, 6) is -3.32. The van der Waals surface area contributed by atoms with E-state index in [1.165, 1.54) is 6.92 Å². The molecule has 0 unspecified atom stereocenters. The number of nitrogens with two attached hydrogens (primary N) is 2. The van der Waals surface area contributed by atoms with Gasteiger partial charge in [0.2, 0.25) is 17.6 Å². The highest BCUT2D eigenvalue weighted by Crippen LogP contribution is 2.25. The molecule has 0 fully saturated rings. The van der Waals surface area contributed by atoms with Gasteiger partial charge >= 0.3 is 5.97 Å². The highest BCUT2D eigenvalue weighted by Gasteiger charge is 2.44. The Morgan fingerprint density at radius 1 is 1.37 bits per heavy atom. The van der Waals surface area contributed by atoms with Gasteiger partial charge in [0.25, 0.3) is 0 Å². The van der Waals surface area contributed by atoms with Crippen molar-refractivity contribution in [2.75, 3.05) is 6.61 Å². The molecule has 0 spiro atoms. The van der Waals surface area contributed by atoms with Crippen molar-refractivity contribution in [2.24, 2.45) is 16.5 Å². The summed E-state index contributed by atoms with van der Waals surface area (Å²) in [5.41, 5.74) is 10.8. The second kappa shape index (κ2) is 9.73. The molecule has 5 atom stereocenters. The Balaban J connectivity index is 3.43. The molecule has 1 aliphatic heterocycles. The van der Waals surface area contributed by atoms with E-state index in [0.29, 0.717) is 0 Å². The van der Waals surface area contributed by atoms with E-state index >= 15 is 0 Å². The Hall–Kier alpha value is -2.86. The molecular weight excluding hydrogens is 362 g/mol. The SMILES string of the molecule is CCC(=O)N[C@@H]([C@@H]1OC(C(=O)O)=C[C@H](N=C(N)N)[C@H]1NC(C)=O)[C@@H](O)CO. The standard InChI is InChI=1S/C15H25N5O7/c1-3-10(24)20-12(8(23)5-21)13-11(18-6(2)22)7(19-15(16)17)4-9(27-13)14(25)26/h4,7-8,11-13,21,23H,3,5H2,1-2H3,(H,18,22)(H,20,24)(H,25,26)(H4,16,17,19)/t7-,8-,11+,12+,13+/m0/s1. The van der Waals surface area contributed by atoms with Crippen LogP contribution in [0.15, 0.2) is 16.8 Å².